The predicted octanol–water partition coefficient (Wildman–Crippen LogP) is 3.15. The maximum atomic E-state index is 9.52. The van der Waals surface area contributed by atoms with Gasteiger partial charge in [-0.2, -0.15) is 0 Å². The van der Waals surface area contributed by atoms with E-state index in [1.54, 1.807) is 14.0 Å². The van der Waals surface area contributed by atoms with Crippen LogP contribution in [-0.2, 0) is 19.3 Å². The van der Waals surface area contributed by atoms with E-state index in [-0.39, 0.29) is 6.10 Å². The van der Waals surface area contributed by atoms with Crippen LogP contribution in [0.2, 0.25) is 5.02 Å². The lowest BCUT2D eigenvalue weighted by Crippen LogP contribution is -2.10. The summed E-state index contributed by atoms with van der Waals surface area (Å²) in [6.45, 7) is 1.78. The van der Waals surface area contributed by atoms with Crippen LogP contribution in [0.4, 0.5) is 0 Å². The first-order valence-electron chi connectivity index (χ1n) is 6.18. The molecule has 1 atom stereocenters. The quantitative estimate of drug-likeness (QED) is 0.898. The van der Waals surface area contributed by atoms with Crippen LogP contribution in [0.5, 0.6) is 5.75 Å². The first-order chi connectivity index (χ1) is 8.13. The van der Waals surface area contributed by atoms with Crippen LogP contribution < -0.4 is 4.74 Å². The summed E-state index contributed by atoms with van der Waals surface area (Å²) in [6, 6.07) is 2.16. The second-order valence-corrected chi connectivity index (χ2v) is 5.16. The van der Waals surface area contributed by atoms with Gasteiger partial charge in [0.25, 0.3) is 0 Å². The number of rotatable bonds is 3. The number of aliphatic hydroxyl groups excluding tert-OH is 1. The Morgan fingerprint density at radius 2 is 2.12 bits per heavy atom. The molecule has 3 heteroatoms. The largest absolute Gasteiger partial charge is 0.495 e. The van der Waals surface area contributed by atoms with Crippen LogP contribution in [-0.4, -0.2) is 18.3 Å². The highest BCUT2D eigenvalue weighted by Gasteiger charge is 2.20. The Balaban J connectivity index is 2.48. The molecule has 17 heavy (non-hydrogen) atoms. The van der Waals surface area contributed by atoms with E-state index in [0.717, 1.165) is 29.2 Å². The molecule has 0 aromatic heterocycles. The SMILES string of the molecule is COc1c(CC(C)O)cc2c(c1Cl)CCCC2. The van der Waals surface area contributed by atoms with E-state index in [9.17, 15) is 5.11 Å². The highest BCUT2D eigenvalue weighted by Crippen LogP contribution is 2.38. The zero-order chi connectivity index (χ0) is 12.4. The Hall–Kier alpha value is -0.730. The number of halogens is 1. The number of hydrogen-bond donors (Lipinski definition) is 1. The maximum Gasteiger partial charge on any atom is 0.141 e. The smallest absolute Gasteiger partial charge is 0.141 e. The third-order valence-corrected chi connectivity index (χ3v) is 3.73. The topological polar surface area (TPSA) is 29.5 Å². The third kappa shape index (κ3) is 2.58. The predicted molar refractivity (Wildman–Crippen MR) is 70.0 cm³/mol. The summed E-state index contributed by atoms with van der Waals surface area (Å²) in [6.07, 6.45) is 4.78. The normalized spacial score (nSPS) is 16.5. The molecule has 1 aromatic rings. The van der Waals surface area contributed by atoms with E-state index in [1.807, 2.05) is 0 Å². The highest BCUT2D eigenvalue weighted by atomic mass is 35.5. The number of benzene rings is 1. The Labute approximate surface area is 108 Å². The molecule has 0 saturated heterocycles. The number of methoxy groups -OCH3 is 1. The van der Waals surface area contributed by atoms with Crippen molar-refractivity contribution in [2.24, 2.45) is 0 Å². The van der Waals surface area contributed by atoms with Crippen LogP contribution >= 0.6 is 11.6 Å². The van der Waals surface area contributed by atoms with Gasteiger partial charge in [-0.25, -0.2) is 0 Å². The lowest BCUT2D eigenvalue weighted by molar-refractivity contribution is 0.194. The van der Waals surface area contributed by atoms with Crippen molar-refractivity contribution in [1.29, 1.82) is 0 Å². The van der Waals surface area contributed by atoms with Crippen molar-refractivity contribution in [2.45, 2.75) is 45.1 Å². The molecule has 0 fully saturated rings. The highest BCUT2D eigenvalue weighted by molar-refractivity contribution is 6.33. The minimum absolute atomic E-state index is 0.374. The van der Waals surface area contributed by atoms with Crippen molar-refractivity contribution >= 4 is 11.6 Å². The minimum atomic E-state index is -0.374. The maximum absolute atomic E-state index is 9.52. The lowest BCUT2D eigenvalue weighted by atomic mass is 9.89. The van der Waals surface area contributed by atoms with Crippen LogP contribution in [0.25, 0.3) is 0 Å². The van der Waals surface area contributed by atoms with E-state index < -0.39 is 0 Å². The van der Waals surface area contributed by atoms with Gasteiger partial charge in [0.2, 0.25) is 0 Å². The van der Waals surface area contributed by atoms with E-state index >= 15 is 0 Å². The first-order valence-corrected chi connectivity index (χ1v) is 6.56. The molecule has 0 spiro atoms. The molecule has 0 saturated carbocycles. The molecule has 1 unspecified atom stereocenters. The van der Waals surface area contributed by atoms with Gasteiger partial charge in [-0.3, -0.25) is 0 Å². The summed E-state index contributed by atoms with van der Waals surface area (Å²) in [4.78, 5) is 0. The Morgan fingerprint density at radius 3 is 2.76 bits per heavy atom. The zero-order valence-electron chi connectivity index (χ0n) is 10.4. The van der Waals surface area contributed by atoms with Crippen molar-refractivity contribution < 1.29 is 9.84 Å². The summed E-state index contributed by atoms with van der Waals surface area (Å²) in [5, 5.41) is 10.3. The van der Waals surface area contributed by atoms with Crippen molar-refractivity contribution in [3.05, 3.63) is 27.8 Å². The monoisotopic (exact) mass is 254 g/mol. The van der Waals surface area contributed by atoms with Gasteiger partial charge in [0, 0.05) is 6.42 Å². The number of ether oxygens (including phenoxy) is 1. The average molecular weight is 255 g/mol. The van der Waals surface area contributed by atoms with Crippen LogP contribution in [0.3, 0.4) is 0 Å². The second-order valence-electron chi connectivity index (χ2n) is 4.78. The molecule has 2 nitrogen and oxygen atoms in total. The van der Waals surface area contributed by atoms with Gasteiger partial charge in [0.1, 0.15) is 5.75 Å². The van der Waals surface area contributed by atoms with Gasteiger partial charge in [0.15, 0.2) is 0 Å². The second kappa shape index (κ2) is 5.28. The summed E-state index contributed by atoms with van der Waals surface area (Å²) < 4.78 is 5.40. The molecule has 0 bridgehead atoms. The molecule has 0 aliphatic heterocycles. The van der Waals surface area contributed by atoms with Gasteiger partial charge in [0.05, 0.1) is 18.2 Å². The number of aryl methyl sites for hydroxylation is 1. The molecule has 0 radical (unpaired) electrons. The van der Waals surface area contributed by atoms with Crippen LogP contribution in [0, 0.1) is 0 Å². The van der Waals surface area contributed by atoms with Gasteiger partial charge in [-0.15, -0.1) is 0 Å². The fourth-order valence-corrected chi connectivity index (χ4v) is 3.00. The van der Waals surface area contributed by atoms with E-state index in [2.05, 4.69) is 6.07 Å². The van der Waals surface area contributed by atoms with Gasteiger partial charge in [-0.1, -0.05) is 17.7 Å². The molecular weight excluding hydrogens is 236 g/mol. The number of fused-ring (bicyclic) bond motifs is 1. The third-order valence-electron chi connectivity index (χ3n) is 3.33. The van der Waals surface area contributed by atoms with Crippen molar-refractivity contribution in [1.82, 2.24) is 0 Å². The zero-order valence-corrected chi connectivity index (χ0v) is 11.2. The van der Waals surface area contributed by atoms with E-state index in [0.29, 0.717) is 6.42 Å². The van der Waals surface area contributed by atoms with Gasteiger partial charge < -0.3 is 9.84 Å². The van der Waals surface area contributed by atoms with E-state index in [4.69, 9.17) is 16.3 Å². The number of aliphatic hydroxyl groups is 1. The molecule has 1 N–H and O–H groups in total. The Kier molecular flexibility index (Phi) is 3.95. The lowest BCUT2D eigenvalue weighted by Gasteiger charge is -2.22. The fourth-order valence-electron chi connectivity index (χ4n) is 2.58. The minimum Gasteiger partial charge on any atom is -0.495 e. The van der Waals surface area contributed by atoms with Crippen molar-refractivity contribution in [3.8, 4) is 5.75 Å². The standard InChI is InChI=1S/C14H19ClO2/c1-9(16)7-11-8-10-5-3-4-6-12(10)13(15)14(11)17-2/h8-9,16H,3-7H2,1-2H3. The average Bonchev–Trinajstić information content (AvgIpc) is 2.29. The molecule has 0 heterocycles. The van der Waals surface area contributed by atoms with Gasteiger partial charge >= 0.3 is 0 Å². The molecule has 1 aromatic carbocycles. The number of hydrogen-bond acceptors (Lipinski definition) is 2. The summed E-state index contributed by atoms with van der Waals surface area (Å²) >= 11 is 6.41. The van der Waals surface area contributed by atoms with Gasteiger partial charge in [-0.05, 0) is 49.3 Å². The summed E-state index contributed by atoms with van der Waals surface area (Å²) in [5.41, 5.74) is 3.59. The van der Waals surface area contributed by atoms with Crippen LogP contribution in [0.15, 0.2) is 6.07 Å². The molecule has 1 aliphatic rings. The van der Waals surface area contributed by atoms with Crippen molar-refractivity contribution in [3.63, 3.8) is 0 Å². The Morgan fingerprint density at radius 1 is 1.41 bits per heavy atom. The van der Waals surface area contributed by atoms with Crippen molar-refractivity contribution in [2.75, 3.05) is 7.11 Å². The summed E-state index contributed by atoms with van der Waals surface area (Å²) in [7, 11) is 1.64. The molecule has 0 amide bonds. The molecule has 2 rings (SSSR count). The van der Waals surface area contributed by atoms with Crippen LogP contribution in [0.1, 0.15) is 36.5 Å². The molecular formula is C14H19ClO2. The first kappa shape index (κ1) is 12.7. The Bertz CT molecular complexity index is 413. The molecule has 1 aliphatic carbocycles. The fraction of sp³-hybridized carbons (Fsp3) is 0.571. The summed E-state index contributed by atoms with van der Waals surface area (Å²) in [5.74, 6) is 0.744. The van der Waals surface area contributed by atoms with E-state index in [1.165, 1.54) is 24.0 Å². The molecule has 94 valence electrons.